The predicted molar refractivity (Wildman–Crippen MR) is 92.3 cm³/mol. The summed E-state index contributed by atoms with van der Waals surface area (Å²) in [5.74, 6) is 0.200. The molecule has 0 saturated heterocycles. The third-order valence-corrected chi connectivity index (χ3v) is 4.35. The summed E-state index contributed by atoms with van der Waals surface area (Å²) in [7, 11) is 0. The molecule has 3 aromatic rings. The monoisotopic (exact) mass is 358 g/mol. The summed E-state index contributed by atoms with van der Waals surface area (Å²) >= 11 is 6.17. The van der Waals surface area contributed by atoms with Crippen molar-refractivity contribution in [3.63, 3.8) is 0 Å². The lowest BCUT2D eigenvalue weighted by Gasteiger charge is -2.28. The summed E-state index contributed by atoms with van der Waals surface area (Å²) in [4.78, 5) is 21.5. The number of esters is 1. The fourth-order valence-electron chi connectivity index (χ4n) is 3.10. The zero-order chi connectivity index (χ0) is 17.6. The Balaban J connectivity index is 1.98. The van der Waals surface area contributed by atoms with Crippen LogP contribution in [0.4, 0.5) is 5.95 Å². The van der Waals surface area contributed by atoms with Crippen LogP contribution in [0, 0.1) is 0 Å². The van der Waals surface area contributed by atoms with E-state index in [2.05, 4.69) is 15.3 Å². The Hall–Kier alpha value is -2.80. The second-order valence-corrected chi connectivity index (χ2v) is 6.07. The van der Waals surface area contributed by atoms with Crippen molar-refractivity contribution in [3.8, 4) is 0 Å². The Kier molecular flexibility index (Phi) is 3.73. The molecule has 0 fully saturated rings. The molecular formula is C17H15ClN4O3. The van der Waals surface area contributed by atoms with Gasteiger partial charge in [0.1, 0.15) is 18.0 Å². The van der Waals surface area contributed by atoms with Crippen LogP contribution in [0.2, 0.25) is 5.02 Å². The second-order valence-electron chi connectivity index (χ2n) is 5.64. The van der Waals surface area contributed by atoms with Gasteiger partial charge >= 0.3 is 5.97 Å². The van der Waals surface area contributed by atoms with Crippen LogP contribution in [0.15, 0.2) is 46.5 Å². The van der Waals surface area contributed by atoms with Crippen LogP contribution < -0.4 is 5.32 Å². The summed E-state index contributed by atoms with van der Waals surface area (Å²) in [6, 6.07) is 4.91. The van der Waals surface area contributed by atoms with E-state index in [-0.39, 0.29) is 6.61 Å². The molecule has 3 heterocycles. The quantitative estimate of drug-likeness (QED) is 0.721. The number of nitrogens with one attached hydrogen (secondary N) is 1. The first kappa shape index (κ1) is 15.7. The van der Waals surface area contributed by atoms with E-state index >= 15 is 0 Å². The summed E-state index contributed by atoms with van der Waals surface area (Å²) < 4.78 is 12.3. The van der Waals surface area contributed by atoms with Crippen LogP contribution in [0.25, 0.3) is 11.0 Å². The average molecular weight is 359 g/mol. The van der Waals surface area contributed by atoms with Crippen LogP contribution in [0.5, 0.6) is 0 Å². The number of hydrogen-bond acceptors (Lipinski definition) is 6. The molecule has 0 spiro atoms. The maximum Gasteiger partial charge on any atom is 0.338 e. The van der Waals surface area contributed by atoms with Crippen molar-refractivity contribution < 1.29 is 13.9 Å². The van der Waals surface area contributed by atoms with Crippen molar-refractivity contribution in [1.82, 2.24) is 14.5 Å². The first-order valence-electron chi connectivity index (χ1n) is 7.80. The van der Waals surface area contributed by atoms with Gasteiger partial charge in [0, 0.05) is 10.7 Å². The number of imidazole rings is 1. The molecule has 1 unspecified atom stereocenters. The van der Waals surface area contributed by atoms with E-state index in [1.165, 1.54) is 12.7 Å². The summed E-state index contributed by atoms with van der Waals surface area (Å²) in [5, 5.41) is 3.76. The van der Waals surface area contributed by atoms with Gasteiger partial charge < -0.3 is 14.5 Å². The van der Waals surface area contributed by atoms with Gasteiger partial charge in [0.2, 0.25) is 5.95 Å². The molecule has 0 aliphatic carbocycles. The highest BCUT2D eigenvalue weighted by molar-refractivity contribution is 6.31. The molecule has 25 heavy (non-hydrogen) atoms. The molecule has 0 saturated carbocycles. The zero-order valence-corrected chi connectivity index (χ0v) is 14.4. The van der Waals surface area contributed by atoms with Crippen molar-refractivity contribution in [2.45, 2.75) is 19.9 Å². The second kappa shape index (κ2) is 5.93. The molecule has 1 aromatic carbocycles. The zero-order valence-electron chi connectivity index (χ0n) is 13.6. The van der Waals surface area contributed by atoms with E-state index in [4.69, 9.17) is 20.8 Å². The molecule has 7 nitrogen and oxygen atoms in total. The number of carbonyl (C=O) groups excluding carboxylic acids is 1. The number of hydrogen-bond donors (Lipinski definition) is 1. The molecule has 1 aliphatic rings. The Bertz CT molecular complexity index is 991. The highest BCUT2D eigenvalue weighted by Gasteiger charge is 2.36. The van der Waals surface area contributed by atoms with Crippen LogP contribution in [-0.2, 0) is 9.53 Å². The molecule has 4 rings (SSSR count). The van der Waals surface area contributed by atoms with Gasteiger partial charge in [-0.15, -0.1) is 0 Å². The van der Waals surface area contributed by atoms with Gasteiger partial charge in [0.25, 0.3) is 0 Å². The van der Waals surface area contributed by atoms with Gasteiger partial charge in [-0.1, -0.05) is 11.6 Å². The lowest BCUT2D eigenvalue weighted by Crippen LogP contribution is -2.29. The van der Waals surface area contributed by atoms with E-state index in [0.29, 0.717) is 27.9 Å². The molecule has 1 aliphatic heterocycles. The summed E-state index contributed by atoms with van der Waals surface area (Å²) in [6.07, 6.45) is 2.85. The van der Waals surface area contributed by atoms with E-state index in [9.17, 15) is 4.79 Å². The maximum atomic E-state index is 12.6. The molecule has 1 N–H and O–H groups in total. The van der Waals surface area contributed by atoms with E-state index in [0.717, 1.165) is 11.0 Å². The Morgan fingerprint density at radius 1 is 1.48 bits per heavy atom. The molecule has 1 atom stereocenters. The maximum absolute atomic E-state index is 12.6. The number of carbonyl (C=O) groups is 1. The van der Waals surface area contributed by atoms with E-state index in [1.807, 2.05) is 23.6 Å². The van der Waals surface area contributed by atoms with Gasteiger partial charge in [-0.05, 0) is 32.0 Å². The minimum absolute atomic E-state index is 0.282. The SMILES string of the molecule is CCOC(=O)C1=C(C)Nc2nc3ccc(Cl)cc3n2C1c1cocn1. The fourth-order valence-corrected chi connectivity index (χ4v) is 3.26. The van der Waals surface area contributed by atoms with Crippen molar-refractivity contribution in [2.75, 3.05) is 11.9 Å². The molecule has 0 radical (unpaired) electrons. The number of allylic oxidation sites excluding steroid dienone is 1. The summed E-state index contributed by atoms with van der Waals surface area (Å²) in [5.41, 5.74) is 3.27. The number of anilines is 1. The number of benzene rings is 1. The van der Waals surface area contributed by atoms with Gasteiger partial charge in [-0.3, -0.25) is 4.57 Å². The normalized spacial score (nSPS) is 16.7. The minimum atomic E-state index is -0.516. The van der Waals surface area contributed by atoms with Crippen molar-refractivity contribution >= 4 is 34.6 Å². The topological polar surface area (TPSA) is 82.2 Å². The predicted octanol–water partition coefficient (Wildman–Crippen LogP) is 3.53. The van der Waals surface area contributed by atoms with Gasteiger partial charge in [-0.25, -0.2) is 14.8 Å². The molecule has 0 amide bonds. The van der Waals surface area contributed by atoms with Gasteiger partial charge in [-0.2, -0.15) is 0 Å². The van der Waals surface area contributed by atoms with Gasteiger partial charge in [0.15, 0.2) is 6.39 Å². The molecule has 128 valence electrons. The number of aromatic nitrogens is 3. The fraction of sp³-hybridized carbons (Fsp3) is 0.235. The minimum Gasteiger partial charge on any atom is -0.463 e. The number of halogens is 1. The molecule has 8 heteroatoms. The molecule has 0 bridgehead atoms. The van der Waals surface area contributed by atoms with E-state index < -0.39 is 12.0 Å². The van der Waals surface area contributed by atoms with Crippen molar-refractivity contribution in [1.29, 1.82) is 0 Å². The standard InChI is InChI=1S/C17H15ClN4O3/c1-3-25-16(23)14-9(2)20-17-21-11-5-4-10(18)6-13(11)22(17)15(14)12-7-24-8-19-12/h4-8,15H,3H2,1-2H3,(H,20,21). The van der Waals surface area contributed by atoms with Crippen LogP contribution in [0.3, 0.4) is 0 Å². The van der Waals surface area contributed by atoms with Crippen molar-refractivity contribution in [3.05, 3.63) is 52.8 Å². The summed E-state index contributed by atoms with van der Waals surface area (Å²) in [6.45, 7) is 3.87. The average Bonchev–Trinajstić information content (AvgIpc) is 3.21. The first-order chi connectivity index (χ1) is 12.1. The van der Waals surface area contributed by atoms with Crippen molar-refractivity contribution in [2.24, 2.45) is 0 Å². The lowest BCUT2D eigenvalue weighted by molar-refractivity contribution is -0.139. The number of fused-ring (bicyclic) bond motifs is 3. The van der Waals surface area contributed by atoms with Crippen LogP contribution in [-0.4, -0.2) is 27.1 Å². The molecule has 2 aromatic heterocycles. The first-order valence-corrected chi connectivity index (χ1v) is 8.18. The number of rotatable bonds is 3. The number of nitrogens with zero attached hydrogens (tertiary/aromatic N) is 3. The third kappa shape index (κ3) is 2.47. The Labute approximate surface area is 148 Å². The molecular weight excluding hydrogens is 344 g/mol. The smallest absolute Gasteiger partial charge is 0.338 e. The van der Waals surface area contributed by atoms with Crippen LogP contribution in [0.1, 0.15) is 25.6 Å². The third-order valence-electron chi connectivity index (χ3n) is 4.11. The number of ether oxygens (including phenoxy) is 1. The van der Waals surface area contributed by atoms with Gasteiger partial charge in [0.05, 0.1) is 23.2 Å². The van der Waals surface area contributed by atoms with Crippen LogP contribution >= 0.6 is 11.6 Å². The highest BCUT2D eigenvalue weighted by Crippen LogP contribution is 2.39. The Morgan fingerprint density at radius 3 is 3.04 bits per heavy atom. The highest BCUT2D eigenvalue weighted by atomic mass is 35.5. The Morgan fingerprint density at radius 2 is 2.32 bits per heavy atom. The largest absolute Gasteiger partial charge is 0.463 e. The lowest BCUT2D eigenvalue weighted by atomic mass is 10.00. The van der Waals surface area contributed by atoms with E-state index in [1.54, 1.807) is 13.0 Å². The number of oxazole rings is 1.